The minimum atomic E-state index is -0.553. The Morgan fingerprint density at radius 2 is 1.72 bits per heavy atom. The van der Waals surface area contributed by atoms with Crippen LogP contribution in [-0.4, -0.2) is 64.5 Å². The highest BCUT2D eigenvalue weighted by Crippen LogP contribution is 2.25. The van der Waals surface area contributed by atoms with Gasteiger partial charge in [0, 0.05) is 31.2 Å². The van der Waals surface area contributed by atoms with Crippen LogP contribution in [0.1, 0.15) is 64.7 Å². The summed E-state index contributed by atoms with van der Waals surface area (Å²) in [5, 5.41) is 2.41. The fourth-order valence-corrected chi connectivity index (χ4v) is 3.87. The molecule has 0 saturated carbocycles. The third-order valence-corrected chi connectivity index (χ3v) is 5.45. The molecule has 1 N–H and O–H groups in total. The molecule has 1 aromatic carbocycles. The molecule has 0 aromatic heterocycles. The first-order valence-corrected chi connectivity index (χ1v) is 10.4. The first-order chi connectivity index (χ1) is 13.7. The summed E-state index contributed by atoms with van der Waals surface area (Å²) in [6.45, 7) is 6.97. The second-order valence-corrected chi connectivity index (χ2v) is 8.72. The van der Waals surface area contributed by atoms with Gasteiger partial charge in [-0.05, 0) is 43.9 Å². The number of amides is 4. The molecule has 29 heavy (non-hydrogen) atoms. The third-order valence-electron chi connectivity index (χ3n) is 5.26. The molecule has 2 heterocycles. The van der Waals surface area contributed by atoms with Gasteiger partial charge in [-0.1, -0.05) is 13.8 Å². The van der Waals surface area contributed by atoms with E-state index in [1.807, 2.05) is 13.8 Å². The van der Waals surface area contributed by atoms with Crippen molar-refractivity contribution in [1.82, 2.24) is 15.1 Å². The van der Waals surface area contributed by atoms with Gasteiger partial charge in [0.2, 0.25) is 5.91 Å². The van der Waals surface area contributed by atoms with Crippen molar-refractivity contribution in [3.05, 3.63) is 34.9 Å². The van der Waals surface area contributed by atoms with Gasteiger partial charge in [0.25, 0.3) is 17.7 Å². The lowest BCUT2D eigenvalue weighted by Gasteiger charge is -2.33. The van der Waals surface area contributed by atoms with E-state index in [2.05, 4.69) is 5.32 Å². The van der Waals surface area contributed by atoms with Crippen LogP contribution in [0.2, 0.25) is 0 Å². The molecule has 0 bridgehead atoms. The summed E-state index contributed by atoms with van der Waals surface area (Å²) in [4.78, 5) is 52.6. The molecule has 7 nitrogen and oxygen atoms in total. The summed E-state index contributed by atoms with van der Waals surface area (Å²) in [6, 6.07) is 4.57. The fraction of sp³-hybridized carbons (Fsp3) is 0.524. The van der Waals surface area contributed by atoms with Crippen LogP contribution in [0.4, 0.5) is 0 Å². The summed E-state index contributed by atoms with van der Waals surface area (Å²) in [6.07, 6.45) is 1.29. The Hall–Kier alpha value is -2.41. The molecule has 3 rings (SSSR count). The van der Waals surface area contributed by atoms with Gasteiger partial charge in [0.1, 0.15) is 5.38 Å². The van der Waals surface area contributed by atoms with E-state index in [0.29, 0.717) is 43.6 Å². The SMILES string of the molecule is CC(C)CN1C(=O)c2ccc(C(=O)NC3CCN(C(=O)C(C)Cl)CC3)cc2C1=O. The highest BCUT2D eigenvalue weighted by Gasteiger charge is 2.36. The maximum atomic E-state index is 12.7. The Labute approximate surface area is 175 Å². The number of imide groups is 1. The van der Waals surface area contributed by atoms with Gasteiger partial charge in [-0.2, -0.15) is 0 Å². The van der Waals surface area contributed by atoms with Gasteiger partial charge in [0.15, 0.2) is 0 Å². The maximum Gasteiger partial charge on any atom is 0.261 e. The molecular weight excluding hydrogens is 394 g/mol. The number of benzene rings is 1. The Bertz CT molecular complexity index is 844. The molecule has 2 aliphatic rings. The minimum absolute atomic E-state index is 0.0554. The van der Waals surface area contributed by atoms with Crippen molar-refractivity contribution in [2.45, 2.75) is 45.0 Å². The number of carbonyl (C=O) groups excluding carboxylic acids is 4. The number of piperidine rings is 1. The molecular formula is C21H26ClN3O4. The zero-order valence-electron chi connectivity index (χ0n) is 16.9. The Kier molecular flexibility index (Phi) is 6.27. The molecule has 0 radical (unpaired) electrons. The standard InChI is InChI=1S/C21H26ClN3O4/c1-12(2)11-25-20(28)16-5-4-14(10-17(16)21(25)29)18(26)23-15-6-8-24(9-7-15)19(27)13(3)22/h4-5,10,12-13,15H,6-9,11H2,1-3H3,(H,23,26). The van der Waals surface area contributed by atoms with E-state index in [1.54, 1.807) is 24.0 Å². The Balaban J connectivity index is 1.64. The maximum absolute atomic E-state index is 12.7. The third kappa shape index (κ3) is 4.45. The molecule has 156 valence electrons. The van der Waals surface area contributed by atoms with Crippen LogP contribution < -0.4 is 5.32 Å². The molecule has 2 aliphatic heterocycles. The highest BCUT2D eigenvalue weighted by molar-refractivity contribution is 6.30. The summed E-state index contributed by atoms with van der Waals surface area (Å²) < 4.78 is 0. The molecule has 1 saturated heterocycles. The highest BCUT2D eigenvalue weighted by atomic mass is 35.5. The van der Waals surface area contributed by atoms with Gasteiger partial charge in [-0.3, -0.25) is 24.1 Å². The van der Waals surface area contributed by atoms with Gasteiger partial charge < -0.3 is 10.2 Å². The van der Waals surface area contributed by atoms with Crippen molar-refractivity contribution in [2.75, 3.05) is 19.6 Å². The average Bonchev–Trinajstić information content (AvgIpc) is 2.92. The number of nitrogens with one attached hydrogen (secondary N) is 1. The molecule has 1 atom stereocenters. The number of nitrogens with zero attached hydrogens (tertiary/aromatic N) is 2. The number of halogens is 1. The molecule has 1 unspecified atom stereocenters. The summed E-state index contributed by atoms with van der Waals surface area (Å²) >= 11 is 5.85. The summed E-state index contributed by atoms with van der Waals surface area (Å²) in [7, 11) is 0. The van der Waals surface area contributed by atoms with E-state index in [9.17, 15) is 19.2 Å². The van der Waals surface area contributed by atoms with E-state index in [-0.39, 0.29) is 41.2 Å². The van der Waals surface area contributed by atoms with Crippen molar-refractivity contribution >= 4 is 35.2 Å². The van der Waals surface area contributed by atoms with Crippen LogP contribution in [0.3, 0.4) is 0 Å². The van der Waals surface area contributed by atoms with Gasteiger partial charge in [-0.15, -0.1) is 11.6 Å². The first kappa shape index (κ1) is 21.3. The van der Waals surface area contributed by atoms with Crippen LogP contribution in [0.5, 0.6) is 0 Å². The number of carbonyl (C=O) groups is 4. The molecule has 4 amide bonds. The lowest BCUT2D eigenvalue weighted by atomic mass is 10.0. The minimum Gasteiger partial charge on any atom is -0.349 e. The summed E-state index contributed by atoms with van der Waals surface area (Å²) in [5.41, 5.74) is 0.971. The summed E-state index contributed by atoms with van der Waals surface area (Å²) in [5.74, 6) is -0.874. The first-order valence-electron chi connectivity index (χ1n) is 9.93. The second kappa shape index (κ2) is 8.53. The van der Waals surface area contributed by atoms with E-state index < -0.39 is 5.38 Å². The van der Waals surface area contributed by atoms with E-state index in [1.165, 1.54) is 11.0 Å². The molecule has 1 fully saturated rings. The molecule has 1 aromatic rings. The van der Waals surface area contributed by atoms with E-state index >= 15 is 0 Å². The zero-order valence-corrected chi connectivity index (χ0v) is 17.7. The number of alkyl halides is 1. The van der Waals surface area contributed by atoms with Crippen molar-refractivity contribution < 1.29 is 19.2 Å². The van der Waals surface area contributed by atoms with Crippen molar-refractivity contribution in [3.8, 4) is 0 Å². The Morgan fingerprint density at radius 1 is 1.10 bits per heavy atom. The predicted molar refractivity (Wildman–Crippen MR) is 109 cm³/mol. The number of likely N-dealkylation sites (tertiary alicyclic amines) is 1. The predicted octanol–water partition coefficient (Wildman–Crippen LogP) is 2.29. The van der Waals surface area contributed by atoms with Crippen LogP contribution in [0.15, 0.2) is 18.2 Å². The van der Waals surface area contributed by atoms with E-state index in [4.69, 9.17) is 11.6 Å². The largest absolute Gasteiger partial charge is 0.349 e. The molecule has 8 heteroatoms. The van der Waals surface area contributed by atoms with E-state index in [0.717, 1.165) is 0 Å². The zero-order chi connectivity index (χ0) is 21.3. The monoisotopic (exact) mass is 419 g/mol. The number of hydrogen-bond acceptors (Lipinski definition) is 4. The average molecular weight is 420 g/mol. The van der Waals surface area contributed by atoms with Crippen molar-refractivity contribution in [2.24, 2.45) is 5.92 Å². The van der Waals surface area contributed by atoms with Gasteiger partial charge >= 0.3 is 0 Å². The van der Waals surface area contributed by atoms with Crippen LogP contribution in [0, 0.1) is 5.92 Å². The van der Waals surface area contributed by atoms with Crippen LogP contribution in [-0.2, 0) is 4.79 Å². The second-order valence-electron chi connectivity index (χ2n) is 8.06. The van der Waals surface area contributed by atoms with Crippen LogP contribution in [0.25, 0.3) is 0 Å². The van der Waals surface area contributed by atoms with Gasteiger partial charge in [0.05, 0.1) is 11.1 Å². The number of fused-ring (bicyclic) bond motifs is 1. The van der Waals surface area contributed by atoms with Crippen molar-refractivity contribution in [3.63, 3.8) is 0 Å². The quantitative estimate of drug-likeness (QED) is 0.586. The molecule has 0 aliphatic carbocycles. The lowest BCUT2D eigenvalue weighted by molar-refractivity contribution is -0.131. The molecule has 0 spiro atoms. The van der Waals surface area contributed by atoms with Gasteiger partial charge in [-0.25, -0.2) is 0 Å². The number of hydrogen-bond donors (Lipinski definition) is 1. The Morgan fingerprint density at radius 3 is 2.31 bits per heavy atom. The number of rotatable bonds is 5. The normalized spacial score (nSPS) is 18.2. The fourth-order valence-electron chi connectivity index (χ4n) is 3.73. The smallest absolute Gasteiger partial charge is 0.261 e. The van der Waals surface area contributed by atoms with Crippen molar-refractivity contribution in [1.29, 1.82) is 0 Å². The van der Waals surface area contributed by atoms with Crippen LogP contribution >= 0.6 is 11.6 Å². The topological polar surface area (TPSA) is 86.8 Å². The lowest BCUT2D eigenvalue weighted by Crippen LogP contribution is -2.48.